The predicted octanol–water partition coefficient (Wildman–Crippen LogP) is 2.17. The molecule has 3 nitrogen and oxygen atoms in total. The first-order valence-electron chi connectivity index (χ1n) is 6.87. The Morgan fingerprint density at radius 1 is 1.47 bits per heavy atom. The van der Waals surface area contributed by atoms with Gasteiger partial charge in [-0.2, -0.15) is 0 Å². The lowest BCUT2D eigenvalue weighted by Crippen LogP contribution is -2.33. The number of hydrogen-bond donors (Lipinski definition) is 2. The van der Waals surface area contributed by atoms with Crippen molar-refractivity contribution < 1.29 is 4.79 Å². The van der Waals surface area contributed by atoms with E-state index in [-0.39, 0.29) is 11.3 Å². The van der Waals surface area contributed by atoms with E-state index >= 15 is 0 Å². The first kappa shape index (κ1) is 14.5. The number of rotatable bonds is 5. The molecule has 100 valence electrons. The van der Waals surface area contributed by atoms with Gasteiger partial charge in [-0.1, -0.05) is 27.7 Å². The van der Waals surface area contributed by atoms with Crippen molar-refractivity contribution in [2.24, 2.45) is 17.3 Å². The van der Waals surface area contributed by atoms with Gasteiger partial charge in [0.1, 0.15) is 0 Å². The summed E-state index contributed by atoms with van der Waals surface area (Å²) in [7, 11) is 0. The van der Waals surface area contributed by atoms with E-state index in [2.05, 4.69) is 38.3 Å². The van der Waals surface area contributed by atoms with Gasteiger partial charge < -0.3 is 10.6 Å². The Morgan fingerprint density at radius 3 is 2.71 bits per heavy atom. The Kier molecular flexibility index (Phi) is 5.44. The van der Waals surface area contributed by atoms with E-state index in [4.69, 9.17) is 0 Å². The van der Waals surface area contributed by atoms with Crippen LogP contribution in [0.2, 0.25) is 0 Å². The van der Waals surface area contributed by atoms with Gasteiger partial charge in [0.05, 0.1) is 0 Å². The van der Waals surface area contributed by atoms with Crippen molar-refractivity contribution in [1.82, 2.24) is 10.6 Å². The van der Waals surface area contributed by atoms with E-state index in [9.17, 15) is 4.79 Å². The quantitative estimate of drug-likeness (QED) is 0.773. The van der Waals surface area contributed by atoms with Gasteiger partial charge in [0.15, 0.2) is 0 Å². The molecule has 2 atom stereocenters. The second-order valence-corrected chi connectivity index (χ2v) is 6.47. The molecule has 0 aromatic carbocycles. The van der Waals surface area contributed by atoms with Crippen molar-refractivity contribution >= 4 is 5.91 Å². The molecule has 0 aromatic heterocycles. The molecule has 3 heteroatoms. The summed E-state index contributed by atoms with van der Waals surface area (Å²) in [4.78, 5) is 11.7. The van der Waals surface area contributed by atoms with Gasteiger partial charge in [-0.3, -0.25) is 4.79 Å². The average molecular weight is 240 g/mol. The Hall–Kier alpha value is -0.570. The minimum atomic E-state index is 0.216. The van der Waals surface area contributed by atoms with Gasteiger partial charge in [-0.15, -0.1) is 0 Å². The lowest BCUT2D eigenvalue weighted by molar-refractivity contribution is -0.121. The maximum Gasteiger partial charge on any atom is 0.220 e. The molecule has 1 saturated heterocycles. The van der Waals surface area contributed by atoms with Crippen LogP contribution in [0.4, 0.5) is 0 Å². The largest absolute Gasteiger partial charge is 0.356 e. The van der Waals surface area contributed by atoms with E-state index in [1.54, 1.807) is 0 Å². The molecule has 17 heavy (non-hydrogen) atoms. The van der Waals surface area contributed by atoms with E-state index < -0.39 is 0 Å². The van der Waals surface area contributed by atoms with Crippen molar-refractivity contribution in [2.75, 3.05) is 19.6 Å². The summed E-state index contributed by atoms with van der Waals surface area (Å²) in [5, 5.41) is 6.39. The van der Waals surface area contributed by atoms with Crippen LogP contribution in [-0.2, 0) is 4.79 Å². The summed E-state index contributed by atoms with van der Waals surface area (Å²) < 4.78 is 0. The highest BCUT2D eigenvalue weighted by molar-refractivity contribution is 5.75. The highest BCUT2D eigenvalue weighted by Crippen LogP contribution is 2.24. The third-order valence-electron chi connectivity index (χ3n) is 4.03. The van der Waals surface area contributed by atoms with Crippen molar-refractivity contribution in [2.45, 2.75) is 47.0 Å². The first-order valence-corrected chi connectivity index (χ1v) is 6.87. The van der Waals surface area contributed by atoms with Crippen LogP contribution in [0.5, 0.6) is 0 Å². The molecule has 0 saturated carbocycles. The molecule has 2 unspecified atom stereocenters. The van der Waals surface area contributed by atoms with Crippen LogP contribution in [0, 0.1) is 17.3 Å². The maximum absolute atomic E-state index is 11.7. The minimum Gasteiger partial charge on any atom is -0.356 e. The third-order valence-corrected chi connectivity index (χ3v) is 4.03. The second kappa shape index (κ2) is 6.39. The van der Waals surface area contributed by atoms with Crippen molar-refractivity contribution in [1.29, 1.82) is 0 Å². The van der Waals surface area contributed by atoms with Gasteiger partial charge in [0.2, 0.25) is 5.91 Å². The van der Waals surface area contributed by atoms with E-state index in [0.29, 0.717) is 18.3 Å². The van der Waals surface area contributed by atoms with Crippen LogP contribution in [-0.4, -0.2) is 25.5 Å². The fourth-order valence-corrected chi connectivity index (χ4v) is 1.96. The monoisotopic (exact) mass is 240 g/mol. The summed E-state index contributed by atoms with van der Waals surface area (Å²) in [6.07, 6.45) is 2.94. The molecule has 0 spiro atoms. The minimum absolute atomic E-state index is 0.216. The molecule has 2 N–H and O–H groups in total. The van der Waals surface area contributed by atoms with Gasteiger partial charge in [-0.05, 0) is 43.2 Å². The van der Waals surface area contributed by atoms with Crippen LogP contribution < -0.4 is 10.6 Å². The number of carbonyl (C=O) groups excluding carboxylic acids is 1. The molecule has 1 aliphatic heterocycles. The molecule has 0 radical (unpaired) electrons. The van der Waals surface area contributed by atoms with Crippen LogP contribution in [0.3, 0.4) is 0 Å². The Morgan fingerprint density at radius 2 is 2.18 bits per heavy atom. The number of amides is 1. The number of carbonyl (C=O) groups is 1. The molecule has 1 aliphatic rings. The molecule has 0 bridgehead atoms. The van der Waals surface area contributed by atoms with Gasteiger partial charge in [0, 0.05) is 13.0 Å². The Bertz CT molecular complexity index is 239. The number of hydrogen-bond acceptors (Lipinski definition) is 2. The lowest BCUT2D eigenvalue weighted by atomic mass is 9.82. The summed E-state index contributed by atoms with van der Waals surface area (Å²) >= 11 is 0. The first-order chi connectivity index (χ1) is 7.89. The molecule has 1 rings (SSSR count). The molecular weight excluding hydrogens is 212 g/mol. The van der Waals surface area contributed by atoms with Crippen LogP contribution in [0.15, 0.2) is 0 Å². The van der Waals surface area contributed by atoms with Crippen molar-refractivity contribution in [3.8, 4) is 0 Å². The zero-order chi connectivity index (χ0) is 12.9. The highest BCUT2D eigenvalue weighted by Gasteiger charge is 2.20. The number of nitrogens with one attached hydrogen (secondary N) is 2. The summed E-state index contributed by atoms with van der Waals surface area (Å²) in [5.41, 5.74) is 0.267. The fourth-order valence-electron chi connectivity index (χ4n) is 1.96. The summed E-state index contributed by atoms with van der Waals surface area (Å²) in [5.74, 6) is 1.44. The van der Waals surface area contributed by atoms with Crippen molar-refractivity contribution in [3.63, 3.8) is 0 Å². The molecule has 1 heterocycles. The normalized spacial score (nSPS) is 22.5. The van der Waals surface area contributed by atoms with Crippen LogP contribution in [0.1, 0.15) is 47.0 Å². The van der Waals surface area contributed by atoms with E-state index in [1.165, 1.54) is 6.42 Å². The average Bonchev–Trinajstić information content (AvgIpc) is 2.74. The standard InChI is InChI=1S/C14H28N2O/c1-11(14(2,3)4)9-16-13(17)6-5-12-7-8-15-10-12/h11-12,15H,5-10H2,1-4H3,(H,16,17). The molecule has 1 amide bonds. The zero-order valence-corrected chi connectivity index (χ0v) is 11.8. The highest BCUT2D eigenvalue weighted by atomic mass is 16.1. The Balaban J connectivity index is 2.12. The van der Waals surface area contributed by atoms with Crippen LogP contribution in [0.25, 0.3) is 0 Å². The summed E-state index contributed by atoms with van der Waals surface area (Å²) in [6.45, 7) is 11.8. The maximum atomic E-state index is 11.7. The molecule has 1 fully saturated rings. The SMILES string of the molecule is CC(CNC(=O)CCC1CCNC1)C(C)(C)C. The van der Waals surface area contributed by atoms with E-state index in [1.807, 2.05) is 0 Å². The Labute approximate surface area is 106 Å². The zero-order valence-electron chi connectivity index (χ0n) is 11.8. The lowest BCUT2D eigenvalue weighted by Gasteiger charge is -2.27. The molecule has 0 aliphatic carbocycles. The summed E-state index contributed by atoms with van der Waals surface area (Å²) in [6, 6.07) is 0. The topological polar surface area (TPSA) is 41.1 Å². The van der Waals surface area contributed by atoms with E-state index in [0.717, 1.165) is 26.1 Å². The predicted molar refractivity (Wildman–Crippen MR) is 71.8 cm³/mol. The molecular formula is C14H28N2O. The van der Waals surface area contributed by atoms with Gasteiger partial charge in [0.25, 0.3) is 0 Å². The molecule has 0 aromatic rings. The van der Waals surface area contributed by atoms with Crippen molar-refractivity contribution in [3.05, 3.63) is 0 Å². The van der Waals surface area contributed by atoms with Crippen LogP contribution >= 0.6 is 0 Å². The fraction of sp³-hybridized carbons (Fsp3) is 0.929. The smallest absolute Gasteiger partial charge is 0.220 e. The second-order valence-electron chi connectivity index (χ2n) is 6.47. The van der Waals surface area contributed by atoms with Gasteiger partial charge >= 0.3 is 0 Å². The third kappa shape index (κ3) is 5.53. The van der Waals surface area contributed by atoms with Gasteiger partial charge in [-0.25, -0.2) is 0 Å².